The zero-order chi connectivity index (χ0) is 26.5. The number of carbonyl (C=O) groups excluding carboxylic acids is 1. The van der Waals surface area contributed by atoms with Crippen molar-refractivity contribution in [3.8, 4) is 0 Å². The van der Waals surface area contributed by atoms with Gasteiger partial charge in [-0.1, -0.05) is 12.1 Å². The number of carbonyl (C=O) groups is 2. The molecule has 1 amide bonds. The molecule has 0 spiro atoms. The number of amides is 1. The van der Waals surface area contributed by atoms with Crippen LogP contribution in [0.2, 0.25) is 0 Å². The fraction of sp³-hybridized carbons (Fsp3) is 0.385. The summed E-state index contributed by atoms with van der Waals surface area (Å²) in [5, 5.41) is 13.4. The molecule has 1 fully saturated rings. The molecule has 2 aromatic carbocycles. The molecular weight excluding hydrogens is 470 g/mol. The molecule has 1 aliphatic rings. The van der Waals surface area contributed by atoms with Crippen molar-refractivity contribution in [3.63, 3.8) is 0 Å². The van der Waals surface area contributed by atoms with Crippen molar-refractivity contribution >= 4 is 29.7 Å². The van der Waals surface area contributed by atoms with E-state index in [9.17, 15) is 23.5 Å². The van der Waals surface area contributed by atoms with Crippen LogP contribution in [-0.4, -0.2) is 52.7 Å². The van der Waals surface area contributed by atoms with Gasteiger partial charge in [0.15, 0.2) is 0 Å². The van der Waals surface area contributed by atoms with Gasteiger partial charge >= 0.3 is 12.1 Å². The third-order valence-electron chi connectivity index (χ3n) is 5.81. The summed E-state index contributed by atoms with van der Waals surface area (Å²) in [4.78, 5) is 30.3. The van der Waals surface area contributed by atoms with Gasteiger partial charge in [0.1, 0.15) is 22.9 Å². The number of likely N-dealkylation sites (tertiary alicyclic amines) is 1. The van der Waals surface area contributed by atoms with Gasteiger partial charge in [0.25, 0.3) is 0 Å². The van der Waals surface area contributed by atoms with E-state index in [0.29, 0.717) is 25.2 Å². The fourth-order valence-corrected chi connectivity index (χ4v) is 4.08. The van der Waals surface area contributed by atoms with Crippen LogP contribution >= 0.6 is 0 Å². The van der Waals surface area contributed by atoms with Crippen molar-refractivity contribution in [2.45, 2.75) is 39.2 Å². The highest BCUT2D eigenvalue weighted by Gasteiger charge is 2.37. The maximum absolute atomic E-state index is 14.1. The molecule has 0 unspecified atom stereocenters. The van der Waals surface area contributed by atoms with Gasteiger partial charge in [0, 0.05) is 18.7 Å². The minimum Gasteiger partial charge on any atom is -0.481 e. The normalized spacial score (nSPS) is 17.4. The summed E-state index contributed by atoms with van der Waals surface area (Å²) in [6, 6.07) is 9.86. The van der Waals surface area contributed by atoms with Crippen molar-refractivity contribution in [1.82, 2.24) is 4.90 Å². The molecule has 2 atom stereocenters. The van der Waals surface area contributed by atoms with Crippen LogP contribution in [0.4, 0.5) is 19.3 Å². The van der Waals surface area contributed by atoms with Gasteiger partial charge in [-0.25, -0.2) is 13.6 Å². The molecule has 3 N–H and O–H groups in total. The highest BCUT2D eigenvalue weighted by molar-refractivity contribution is 6.38. The molecule has 0 bridgehead atoms. The molecule has 0 aromatic heterocycles. The van der Waals surface area contributed by atoms with Gasteiger partial charge in [0.2, 0.25) is 0 Å². The third kappa shape index (κ3) is 7.10. The summed E-state index contributed by atoms with van der Waals surface area (Å²) >= 11 is 0. The fourth-order valence-electron chi connectivity index (χ4n) is 4.08. The van der Waals surface area contributed by atoms with E-state index in [-0.39, 0.29) is 23.6 Å². The molecule has 2 aromatic rings. The lowest BCUT2D eigenvalue weighted by molar-refractivity contribution is -0.143. The number of carboxylic acid groups (broad SMARTS) is 1. The number of nitrogens with two attached hydrogens (primary N) is 1. The minimum absolute atomic E-state index is 0.0472. The number of hydrazone groups is 1. The second-order valence-electron chi connectivity index (χ2n) is 9.69. The molecule has 0 radical (unpaired) electrons. The van der Waals surface area contributed by atoms with Gasteiger partial charge in [-0.2, -0.15) is 5.10 Å². The molecular formula is C26H30F2N4O4. The largest absolute Gasteiger partial charge is 0.481 e. The van der Waals surface area contributed by atoms with Crippen LogP contribution in [0.5, 0.6) is 0 Å². The van der Waals surface area contributed by atoms with E-state index in [1.165, 1.54) is 6.21 Å². The predicted molar refractivity (Wildman–Crippen MR) is 132 cm³/mol. The lowest BCUT2D eigenvalue weighted by Gasteiger charge is -2.25. The lowest BCUT2D eigenvalue weighted by atomic mass is 9.86. The summed E-state index contributed by atoms with van der Waals surface area (Å²) in [7, 11) is 0. The SMILES string of the molecule is CC(C)(C)OC(=O)N1CC[C@H]([C@H](Cc2cccc(N=CC(=NN)c3cc(F)ccc3F)c2)C(=O)O)C1. The number of aliphatic imine (C=N–C) groups is 1. The first-order chi connectivity index (χ1) is 17.0. The van der Waals surface area contributed by atoms with Crippen LogP contribution in [0, 0.1) is 23.5 Å². The Morgan fingerprint density at radius 2 is 2.00 bits per heavy atom. The topological polar surface area (TPSA) is 118 Å². The second-order valence-corrected chi connectivity index (χ2v) is 9.69. The molecule has 36 heavy (non-hydrogen) atoms. The average molecular weight is 501 g/mol. The van der Waals surface area contributed by atoms with Crippen molar-refractivity contribution in [1.29, 1.82) is 0 Å². The molecule has 0 saturated carbocycles. The van der Waals surface area contributed by atoms with E-state index in [0.717, 1.165) is 23.8 Å². The molecule has 1 heterocycles. The van der Waals surface area contributed by atoms with Gasteiger partial charge in [-0.05, 0) is 75.4 Å². The zero-order valence-corrected chi connectivity index (χ0v) is 20.4. The molecule has 0 aliphatic carbocycles. The van der Waals surface area contributed by atoms with E-state index in [4.69, 9.17) is 10.6 Å². The predicted octanol–water partition coefficient (Wildman–Crippen LogP) is 4.53. The Balaban J connectivity index is 1.72. The minimum atomic E-state index is -0.945. The molecule has 8 nitrogen and oxygen atoms in total. The second kappa shape index (κ2) is 11.3. The zero-order valence-electron chi connectivity index (χ0n) is 20.4. The van der Waals surface area contributed by atoms with Crippen molar-refractivity contribution < 1.29 is 28.2 Å². The number of rotatable bonds is 7. The van der Waals surface area contributed by atoms with Crippen LogP contribution in [0.3, 0.4) is 0 Å². The van der Waals surface area contributed by atoms with E-state index in [1.54, 1.807) is 49.9 Å². The van der Waals surface area contributed by atoms with Gasteiger partial charge in [-0.3, -0.25) is 9.79 Å². The quantitative estimate of drug-likeness (QED) is 0.329. The number of benzene rings is 2. The Morgan fingerprint density at radius 1 is 1.25 bits per heavy atom. The van der Waals surface area contributed by atoms with E-state index < -0.39 is 35.2 Å². The molecule has 3 rings (SSSR count). The van der Waals surface area contributed by atoms with Crippen LogP contribution in [0.1, 0.15) is 38.3 Å². The van der Waals surface area contributed by atoms with E-state index in [2.05, 4.69) is 10.1 Å². The van der Waals surface area contributed by atoms with Crippen molar-refractivity contribution in [3.05, 3.63) is 65.2 Å². The van der Waals surface area contributed by atoms with Crippen LogP contribution < -0.4 is 5.84 Å². The summed E-state index contributed by atoms with van der Waals surface area (Å²) in [5.74, 6) is 2.14. The van der Waals surface area contributed by atoms with Gasteiger partial charge in [-0.15, -0.1) is 0 Å². The van der Waals surface area contributed by atoms with Crippen LogP contribution in [0.15, 0.2) is 52.6 Å². The first kappa shape index (κ1) is 26.8. The Hall–Kier alpha value is -3.82. The molecule has 192 valence electrons. The highest BCUT2D eigenvalue weighted by atomic mass is 19.1. The number of aliphatic carboxylic acids is 1. The Morgan fingerprint density at radius 3 is 2.67 bits per heavy atom. The summed E-state index contributed by atoms with van der Waals surface area (Å²) in [6.07, 6.45) is 1.57. The first-order valence-corrected chi connectivity index (χ1v) is 11.5. The summed E-state index contributed by atoms with van der Waals surface area (Å²) in [5.41, 5.74) is 0.400. The molecule has 1 aliphatic heterocycles. The highest BCUT2D eigenvalue weighted by Crippen LogP contribution is 2.29. The van der Waals surface area contributed by atoms with Crippen LogP contribution in [0.25, 0.3) is 0 Å². The number of carboxylic acids is 1. The summed E-state index contributed by atoms with van der Waals surface area (Å²) < 4.78 is 33.0. The third-order valence-corrected chi connectivity index (χ3v) is 5.81. The maximum atomic E-state index is 14.1. The first-order valence-electron chi connectivity index (χ1n) is 11.5. The number of halogens is 2. The van der Waals surface area contributed by atoms with E-state index >= 15 is 0 Å². The average Bonchev–Trinajstić information content (AvgIpc) is 3.29. The lowest BCUT2D eigenvalue weighted by Crippen LogP contribution is -2.36. The monoisotopic (exact) mass is 500 g/mol. The number of nitrogens with zero attached hydrogens (tertiary/aromatic N) is 3. The Labute approximate surface area is 208 Å². The van der Waals surface area contributed by atoms with Crippen molar-refractivity contribution in [2.24, 2.45) is 27.8 Å². The Kier molecular flexibility index (Phi) is 8.39. The van der Waals surface area contributed by atoms with Crippen molar-refractivity contribution in [2.75, 3.05) is 13.1 Å². The van der Waals surface area contributed by atoms with E-state index in [1.807, 2.05) is 0 Å². The Bertz CT molecular complexity index is 1180. The number of hydrogen-bond acceptors (Lipinski definition) is 6. The van der Waals surface area contributed by atoms with Gasteiger partial charge < -0.3 is 20.6 Å². The maximum Gasteiger partial charge on any atom is 0.410 e. The standard InChI is InChI=1S/C26H30F2N4O4/c1-26(2,3)36-25(35)32-10-9-17(15-32)20(24(33)34)12-16-5-4-6-19(11-16)30-14-23(31-29)21-13-18(27)7-8-22(21)28/h4-8,11,13-14,17,20H,9-10,12,15,29H2,1-3H3,(H,33,34)/t17-,20-/m0/s1. The molecule has 10 heteroatoms. The number of hydrogen-bond donors (Lipinski definition) is 2. The molecule has 1 saturated heterocycles. The smallest absolute Gasteiger partial charge is 0.410 e. The van der Waals surface area contributed by atoms with Crippen LogP contribution in [-0.2, 0) is 16.0 Å². The number of ether oxygens (including phenoxy) is 1. The van der Waals surface area contributed by atoms with Gasteiger partial charge in [0.05, 0.1) is 17.8 Å². The summed E-state index contributed by atoms with van der Waals surface area (Å²) in [6.45, 7) is 6.09.